The summed E-state index contributed by atoms with van der Waals surface area (Å²) in [5, 5.41) is 2.98. The lowest BCUT2D eigenvalue weighted by Gasteiger charge is -2.24. The van der Waals surface area contributed by atoms with Gasteiger partial charge in [-0.05, 0) is 44.3 Å². The summed E-state index contributed by atoms with van der Waals surface area (Å²) < 4.78 is 5.32. The van der Waals surface area contributed by atoms with Crippen LogP contribution in [0.3, 0.4) is 0 Å². The second-order valence-corrected chi connectivity index (χ2v) is 5.47. The highest BCUT2D eigenvalue weighted by molar-refractivity contribution is 5.96. The number of rotatable bonds is 5. The minimum absolute atomic E-state index is 0.0832. The van der Waals surface area contributed by atoms with Crippen LogP contribution in [0.25, 0.3) is 0 Å². The van der Waals surface area contributed by atoms with Crippen molar-refractivity contribution in [2.24, 2.45) is 0 Å². The van der Waals surface area contributed by atoms with E-state index in [1.807, 2.05) is 74.4 Å². The number of amides is 1. The molecule has 0 bridgehead atoms. The monoisotopic (exact) mass is 298 g/mol. The quantitative estimate of drug-likeness (QED) is 0.921. The molecule has 116 valence electrons. The summed E-state index contributed by atoms with van der Waals surface area (Å²) in [4.78, 5) is 14.6. The number of anilines is 1. The number of likely N-dealkylation sites (N-methyl/N-ethyl adjacent to an activating group) is 1. The van der Waals surface area contributed by atoms with Crippen LogP contribution < -0.4 is 10.1 Å². The number of nitrogens with zero attached hydrogens (tertiary/aromatic N) is 1. The fraction of sp³-hybridized carbons (Fsp3) is 0.278. The molecule has 1 atom stereocenters. The Bertz CT molecular complexity index is 639. The summed E-state index contributed by atoms with van der Waals surface area (Å²) in [6, 6.07) is 15.1. The van der Waals surface area contributed by atoms with Crippen molar-refractivity contribution < 1.29 is 9.53 Å². The molecule has 0 aliphatic rings. The van der Waals surface area contributed by atoms with Crippen molar-refractivity contribution in [3.05, 3.63) is 59.7 Å². The van der Waals surface area contributed by atoms with Gasteiger partial charge >= 0.3 is 0 Å². The summed E-state index contributed by atoms with van der Waals surface area (Å²) in [6.45, 7) is 1.98. The van der Waals surface area contributed by atoms with E-state index in [1.54, 1.807) is 7.11 Å². The third-order valence-electron chi connectivity index (χ3n) is 3.49. The third kappa shape index (κ3) is 3.65. The van der Waals surface area contributed by atoms with Crippen molar-refractivity contribution >= 4 is 11.6 Å². The Morgan fingerprint density at radius 3 is 2.41 bits per heavy atom. The zero-order valence-corrected chi connectivity index (χ0v) is 13.5. The van der Waals surface area contributed by atoms with Crippen LogP contribution in [0.5, 0.6) is 5.75 Å². The van der Waals surface area contributed by atoms with Crippen molar-refractivity contribution in [1.29, 1.82) is 0 Å². The smallest absolute Gasteiger partial charge is 0.246 e. The Morgan fingerprint density at radius 1 is 1.14 bits per heavy atom. The SMILES string of the molecule is COc1ccc(C)cc1NC(=O)C(c1ccccc1)N(C)C. The lowest BCUT2D eigenvalue weighted by Crippen LogP contribution is -2.32. The lowest BCUT2D eigenvalue weighted by atomic mass is 10.1. The van der Waals surface area contributed by atoms with E-state index in [0.29, 0.717) is 11.4 Å². The average Bonchev–Trinajstić information content (AvgIpc) is 2.48. The van der Waals surface area contributed by atoms with Crippen LogP contribution in [0, 0.1) is 6.92 Å². The van der Waals surface area contributed by atoms with Crippen LogP contribution >= 0.6 is 0 Å². The highest BCUT2D eigenvalue weighted by atomic mass is 16.5. The lowest BCUT2D eigenvalue weighted by molar-refractivity contribution is -0.120. The first kappa shape index (κ1) is 16.0. The first-order chi connectivity index (χ1) is 10.5. The van der Waals surface area contributed by atoms with E-state index in [1.165, 1.54) is 0 Å². The van der Waals surface area contributed by atoms with Crippen molar-refractivity contribution in [2.75, 3.05) is 26.5 Å². The van der Waals surface area contributed by atoms with Crippen molar-refractivity contribution in [3.8, 4) is 5.75 Å². The summed E-state index contributed by atoms with van der Waals surface area (Å²) in [7, 11) is 5.39. The molecule has 0 fully saturated rings. The molecule has 4 heteroatoms. The molecule has 0 aliphatic heterocycles. The van der Waals surface area contributed by atoms with Crippen LogP contribution in [-0.2, 0) is 4.79 Å². The Labute approximate surface area is 131 Å². The van der Waals surface area contributed by atoms with Gasteiger partial charge in [-0.2, -0.15) is 0 Å². The Balaban J connectivity index is 2.28. The summed E-state index contributed by atoms with van der Waals surface area (Å²) in [5.41, 5.74) is 2.71. The molecule has 2 rings (SSSR count). The molecule has 22 heavy (non-hydrogen) atoms. The maximum Gasteiger partial charge on any atom is 0.246 e. The van der Waals surface area contributed by atoms with Gasteiger partial charge in [-0.3, -0.25) is 9.69 Å². The molecule has 0 saturated carbocycles. The fourth-order valence-corrected chi connectivity index (χ4v) is 2.44. The van der Waals surface area contributed by atoms with Crippen LogP contribution in [0.4, 0.5) is 5.69 Å². The van der Waals surface area contributed by atoms with Crippen LogP contribution in [-0.4, -0.2) is 32.0 Å². The van der Waals surface area contributed by atoms with Gasteiger partial charge < -0.3 is 10.1 Å². The first-order valence-electron chi connectivity index (χ1n) is 7.20. The van der Waals surface area contributed by atoms with Crippen LogP contribution in [0.15, 0.2) is 48.5 Å². The molecule has 0 aliphatic carbocycles. The molecular formula is C18H22N2O2. The number of ether oxygens (including phenoxy) is 1. The topological polar surface area (TPSA) is 41.6 Å². The van der Waals surface area contributed by atoms with E-state index in [4.69, 9.17) is 4.74 Å². The number of nitrogens with one attached hydrogen (secondary N) is 1. The van der Waals surface area contributed by atoms with Gasteiger partial charge in [0.15, 0.2) is 0 Å². The Kier molecular flexibility index (Phi) is 5.17. The normalized spacial score (nSPS) is 12.0. The summed E-state index contributed by atoms with van der Waals surface area (Å²) in [6.07, 6.45) is 0. The molecule has 0 aromatic heterocycles. The molecule has 4 nitrogen and oxygen atoms in total. The molecular weight excluding hydrogens is 276 g/mol. The zero-order valence-electron chi connectivity index (χ0n) is 13.5. The maximum absolute atomic E-state index is 12.7. The van der Waals surface area contributed by atoms with E-state index < -0.39 is 0 Å². The van der Waals surface area contributed by atoms with Gasteiger partial charge in [-0.25, -0.2) is 0 Å². The molecule has 0 spiro atoms. The average molecular weight is 298 g/mol. The molecule has 2 aromatic rings. The summed E-state index contributed by atoms with van der Waals surface area (Å²) in [5.74, 6) is 0.574. The highest BCUT2D eigenvalue weighted by Gasteiger charge is 2.23. The molecule has 1 N–H and O–H groups in total. The maximum atomic E-state index is 12.7. The number of carbonyl (C=O) groups excluding carboxylic acids is 1. The fourth-order valence-electron chi connectivity index (χ4n) is 2.44. The molecule has 0 heterocycles. The van der Waals surface area contributed by atoms with Gasteiger partial charge in [-0.15, -0.1) is 0 Å². The molecule has 2 aromatic carbocycles. The standard InChI is InChI=1S/C18H22N2O2/c1-13-10-11-16(22-4)15(12-13)19-18(21)17(20(2)3)14-8-6-5-7-9-14/h5-12,17H,1-4H3,(H,19,21). The number of carbonyl (C=O) groups is 1. The summed E-state index contributed by atoms with van der Waals surface area (Å²) >= 11 is 0. The van der Waals surface area contributed by atoms with Crippen molar-refractivity contribution in [3.63, 3.8) is 0 Å². The van der Waals surface area contributed by atoms with E-state index in [9.17, 15) is 4.79 Å². The number of hydrogen-bond donors (Lipinski definition) is 1. The highest BCUT2D eigenvalue weighted by Crippen LogP contribution is 2.27. The molecule has 1 amide bonds. The van der Waals surface area contributed by atoms with Crippen molar-refractivity contribution in [2.45, 2.75) is 13.0 Å². The van der Waals surface area contributed by atoms with Crippen LogP contribution in [0.2, 0.25) is 0 Å². The number of benzene rings is 2. The Hall–Kier alpha value is -2.33. The van der Waals surface area contributed by atoms with Gasteiger partial charge in [0.05, 0.1) is 12.8 Å². The second kappa shape index (κ2) is 7.09. The molecule has 1 unspecified atom stereocenters. The zero-order chi connectivity index (χ0) is 16.1. The van der Waals surface area contributed by atoms with E-state index in [-0.39, 0.29) is 11.9 Å². The minimum atomic E-state index is -0.355. The van der Waals surface area contributed by atoms with Crippen LogP contribution in [0.1, 0.15) is 17.2 Å². The predicted molar refractivity (Wildman–Crippen MR) is 89.2 cm³/mol. The number of methoxy groups -OCH3 is 1. The van der Waals surface area contributed by atoms with E-state index in [2.05, 4.69) is 5.32 Å². The first-order valence-corrected chi connectivity index (χ1v) is 7.20. The van der Waals surface area contributed by atoms with Gasteiger partial charge in [-0.1, -0.05) is 36.4 Å². The minimum Gasteiger partial charge on any atom is -0.495 e. The molecule has 0 radical (unpaired) electrons. The number of aryl methyl sites for hydroxylation is 1. The second-order valence-electron chi connectivity index (χ2n) is 5.47. The van der Waals surface area contributed by atoms with E-state index in [0.717, 1.165) is 11.1 Å². The van der Waals surface area contributed by atoms with Gasteiger partial charge in [0, 0.05) is 0 Å². The molecule has 0 saturated heterocycles. The Morgan fingerprint density at radius 2 is 1.82 bits per heavy atom. The van der Waals surface area contributed by atoms with Gasteiger partial charge in [0.1, 0.15) is 11.8 Å². The van der Waals surface area contributed by atoms with Gasteiger partial charge in [0.25, 0.3) is 0 Å². The van der Waals surface area contributed by atoms with Gasteiger partial charge in [0.2, 0.25) is 5.91 Å². The third-order valence-corrected chi connectivity index (χ3v) is 3.49. The van der Waals surface area contributed by atoms with Crippen molar-refractivity contribution in [1.82, 2.24) is 4.90 Å². The number of hydrogen-bond acceptors (Lipinski definition) is 3. The predicted octanol–water partition coefficient (Wildman–Crippen LogP) is 3.25. The van der Waals surface area contributed by atoms with E-state index >= 15 is 0 Å². The largest absolute Gasteiger partial charge is 0.495 e.